The fourth-order valence-corrected chi connectivity index (χ4v) is 3.56. The van der Waals surface area contributed by atoms with Gasteiger partial charge < -0.3 is 5.32 Å². The van der Waals surface area contributed by atoms with Crippen molar-refractivity contribution in [1.82, 2.24) is 10.3 Å². The van der Waals surface area contributed by atoms with Crippen molar-refractivity contribution in [2.45, 2.75) is 13.3 Å². The third-order valence-corrected chi connectivity index (χ3v) is 5.25. The number of aromatic nitrogens is 1. The summed E-state index contributed by atoms with van der Waals surface area (Å²) < 4.78 is 13.0. The summed E-state index contributed by atoms with van der Waals surface area (Å²) in [5.74, 6) is -0.389. The van der Waals surface area contributed by atoms with Gasteiger partial charge in [-0.15, -0.1) is 11.3 Å². The van der Waals surface area contributed by atoms with Crippen LogP contribution >= 0.6 is 22.9 Å². The molecule has 0 saturated heterocycles. The summed E-state index contributed by atoms with van der Waals surface area (Å²) in [6.07, 6.45) is 0.698. The second kappa shape index (κ2) is 7.76. The summed E-state index contributed by atoms with van der Waals surface area (Å²) in [4.78, 5) is 17.7. The van der Waals surface area contributed by atoms with Crippen molar-refractivity contribution < 1.29 is 9.18 Å². The minimum absolute atomic E-state index is 0.127. The molecule has 1 heterocycles. The van der Waals surface area contributed by atoms with Crippen LogP contribution in [0.25, 0.3) is 10.6 Å². The fourth-order valence-electron chi connectivity index (χ4n) is 2.37. The molecule has 1 amide bonds. The molecule has 0 radical (unpaired) electrons. The highest BCUT2D eigenvalue weighted by Crippen LogP contribution is 2.28. The maximum absolute atomic E-state index is 13.0. The molecular formula is C19H16ClFN2OS. The molecule has 0 aliphatic rings. The Hall–Kier alpha value is -2.24. The second-order valence-electron chi connectivity index (χ2n) is 5.55. The number of amides is 1. The summed E-state index contributed by atoms with van der Waals surface area (Å²) in [5, 5.41) is 4.36. The highest BCUT2D eigenvalue weighted by atomic mass is 35.5. The maximum Gasteiger partial charge on any atom is 0.251 e. The van der Waals surface area contributed by atoms with E-state index in [2.05, 4.69) is 10.3 Å². The number of nitrogens with zero attached hydrogens (tertiary/aromatic N) is 1. The van der Waals surface area contributed by atoms with E-state index in [1.54, 1.807) is 47.7 Å². The van der Waals surface area contributed by atoms with E-state index in [4.69, 9.17) is 11.6 Å². The standard InChI is InChI=1S/C19H16ClFN2OS/c1-12-17(25-19(23-12)14-4-8-16(21)9-5-14)10-11-22-18(24)13-2-6-15(20)7-3-13/h2-9H,10-11H2,1H3,(H,22,24). The molecule has 0 bridgehead atoms. The lowest BCUT2D eigenvalue weighted by molar-refractivity contribution is 0.0954. The van der Waals surface area contributed by atoms with Gasteiger partial charge in [-0.05, 0) is 55.5 Å². The number of hydrogen-bond donors (Lipinski definition) is 1. The number of hydrogen-bond acceptors (Lipinski definition) is 3. The first kappa shape index (κ1) is 17.6. The van der Waals surface area contributed by atoms with Crippen molar-refractivity contribution in [1.29, 1.82) is 0 Å². The van der Waals surface area contributed by atoms with Gasteiger partial charge in [0.2, 0.25) is 0 Å². The van der Waals surface area contributed by atoms with Crippen LogP contribution in [0.1, 0.15) is 20.9 Å². The first-order valence-corrected chi connectivity index (χ1v) is 8.98. The average molecular weight is 375 g/mol. The number of rotatable bonds is 5. The van der Waals surface area contributed by atoms with Gasteiger partial charge in [-0.2, -0.15) is 0 Å². The van der Waals surface area contributed by atoms with Gasteiger partial charge in [-0.1, -0.05) is 11.6 Å². The molecular weight excluding hydrogens is 359 g/mol. The first-order chi connectivity index (χ1) is 12.0. The van der Waals surface area contributed by atoms with Crippen LogP contribution in [0.4, 0.5) is 4.39 Å². The van der Waals surface area contributed by atoms with E-state index in [-0.39, 0.29) is 11.7 Å². The lowest BCUT2D eigenvalue weighted by Gasteiger charge is -2.04. The van der Waals surface area contributed by atoms with Crippen LogP contribution < -0.4 is 5.32 Å². The second-order valence-corrected chi connectivity index (χ2v) is 7.07. The van der Waals surface area contributed by atoms with Crippen molar-refractivity contribution in [2.24, 2.45) is 0 Å². The van der Waals surface area contributed by atoms with Gasteiger partial charge in [0.25, 0.3) is 5.91 Å². The number of carbonyl (C=O) groups is 1. The largest absolute Gasteiger partial charge is 0.352 e. The van der Waals surface area contributed by atoms with E-state index in [0.29, 0.717) is 23.6 Å². The van der Waals surface area contributed by atoms with Gasteiger partial charge in [0.1, 0.15) is 10.8 Å². The zero-order valence-electron chi connectivity index (χ0n) is 13.6. The maximum atomic E-state index is 13.0. The van der Waals surface area contributed by atoms with E-state index in [0.717, 1.165) is 21.1 Å². The van der Waals surface area contributed by atoms with Crippen LogP contribution in [-0.2, 0) is 6.42 Å². The monoisotopic (exact) mass is 374 g/mol. The average Bonchev–Trinajstić information content (AvgIpc) is 2.97. The number of carbonyl (C=O) groups excluding carboxylic acids is 1. The molecule has 0 atom stereocenters. The molecule has 128 valence electrons. The topological polar surface area (TPSA) is 42.0 Å². The molecule has 25 heavy (non-hydrogen) atoms. The predicted octanol–water partition coefficient (Wildman–Crippen LogP) is 4.88. The van der Waals surface area contributed by atoms with E-state index < -0.39 is 0 Å². The summed E-state index contributed by atoms with van der Waals surface area (Å²) in [5.41, 5.74) is 2.41. The summed E-state index contributed by atoms with van der Waals surface area (Å²) in [6.45, 7) is 2.47. The predicted molar refractivity (Wildman–Crippen MR) is 99.7 cm³/mol. The highest BCUT2D eigenvalue weighted by Gasteiger charge is 2.11. The fraction of sp³-hybridized carbons (Fsp3) is 0.158. The molecule has 0 unspecified atom stereocenters. The Morgan fingerprint density at radius 2 is 1.84 bits per heavy atom. The molecule has 3 nitrogen and oxygen atoms in total. The molecule has 3 rings (SSSR count). The van der Waals surface area contributed by atoms with Crippen molar-refractivity contribution >= 4 is 28.8 Å². The van der Waals surface area contributed by atoms with Crippen LogP contribution in [0, 0.1) is 12.7 Å². The van der Waals surface area contributed by atoms with Gasteiger partial charge in [-0.25, -0.2) is 9.37 Å². The molecule has 1 N–H and O–H groups in total. The lowest BCUT2D eigenvalue weighted by atomic mass is 10.2. The lowest BCUT2D eigenvalue weighted by Crippen LogP contribution is -2.25. The molecule has 6 heteroatoms. The zero-order chi connectivity index (χ0) is 17.8. The van der Waals surface area contributed by atoms with Gasteiger partial charge in [0.15, 0.2) is 0 Å². The van der Waals surface area contributed by atoms with E-state index >= 15 is 0 Å². The minimum Gasteiger partial charge on any atom is -0.352 e. The number of aryl methyl sites for hydroxylation is 1. The third-order valence-electron chi connectivity index (χ3n) is 3.73. The SMILES string of the molecule is Cc1nc(-c2ccc(F)cc2)sc1CCNC(=O)c1ccc(Cl)cc1. The third kappa shape index (κ3) is 4.44. The van der Waals surface area contributed by atoms with Crippen molar-refractivity contribution in [3.63, 3.8) is 0 Å². The number of benzene rings is 2. The summed E-state index contributed by atoms with van der Waals surface area (Å²) in [7, 11) is 0. The number of nitrogens with one attached hydrogen (secondary N) is 1. The van der Waals surface area contributed by atoms with Gasteiger partial charge in [-0.3, -0.25) is 4.79 Å². The Bertz CT molecular complexity index is 875. The van der Waals surface area contributed by atoms with Crippen LogP contribution in [0.15, 0.2) is 48.5 Å². The number of halogens is 2. The molecule has 0 saturated carbocycles. The van der Waals surface area contributed by atoms with Crippen molar-refractivity contribution in [3.8, 4) is 10.6 Å². The Labute approximate surface area is 154 Å². The summed E-state index contributed by atoms with van der Waals surface area (Å²) in [6, 6.07) is 13.1. The van der Waals surface area contributed by atoms with Gasteiger partial charge >= 0.3 is 0 Å². The van der Waals surface area contributed by atoms with Crippen LogP contribution in [-0.4, -0.2) is 17.4 Å². The van der Waals surface area contributed by atoms with Gasteiger partial charge in [0.05, 0.1) is 5.69 Å². The molecule has 0 fully saturated rings. The van der Waals surface area contributed by atoms with Crippen LogP contribution in [0.5, 0.6) is 0 Å². The quantitative estimate of drug-likeness (QED) is 0.691. The van der Waals surface area contributed by atoms with E-state index in [9.17, 15) is 9.18 Å². The highest BCUT2D eigenvalue weighted by molar-refractivity contribution is 7.15. The van der Waals surface area contributed by atoms with Crippen molar-refractivity contribution in [2.75, 3.05) is 6.54 Å². The molecule has 3 aromatic rings. The Morgan fingerprint density at radius 3 is 2.52 bits per heavy atom. The Morgan fingerprint density at radius 1 is 1.16 bits per heavy atom. The zero-order valence-corrected chi connectivity index (χ0v) is 15.1. The van der Waals surface area contributed by atoms with E-state index in [1.807, 2.05) is 6.92 Å². The normalized spacial score (nSPS) is 10.7. The molecule has 0 aliphatic heterocycles. The van der Waals surface area contributed by atoms with Gasteiger partial charge in [0, 0.05) is 34.0 Å². The Kier molecular flexibility index (Phi) is 5.46. The Balaban J connectivity index is 1.61. The van der Waals surface area contributed by atoms with Crippen LogP contribution in [0.2, 0.25) is 5.02 Å². The number of thiazole rings is 1. The molecule has 1 aromatic heterocycles. The molecule has 2 aromatic carbocycles. The molecule has 0 spiro atoms. The summed E-state index contributed by atoms with van der Waals surface area (Å²) >= 11 is 7.39. The molecule has 0 aliphatic carbocycles. The van der Waals surface area contributed by atoms with Crippen LogP contribution in [0.3, 0.4) is 0 Å². The van der Waals surface area contributed by atoms with E-state index in [1.165, 1.54) is 12.1 Å². The van der Waals surface area contributed by atoms with Crippen molar-refractivity contribution in [3.05, 3.63) is 75.5 Å². The minimum atomic E-state index is -0.262. The smallest absolute Gasteiger partial charge is 0.251 e. The first-order valence-electron chi connectivity index (χ1n) is 7.79.